The normalized spacial score (nSPS) is 25.2. The minimum atomic E-state index is -0.269. The van der Waals surface area contributed by atoms with Gasteiger partial charge in [0, 0.05) is 62.0 Å². The fourth-order valence-corrected chi connectivity index (χ4v) is 7.39. The van der Waals surface area contributed by atoms with Gasteiger partial charge in [-0.2, -0.15) is 0 Å². The van der Waals surface area contributed by atoms with Gasteiger partial charge in [-0.25, -0.2) is 9.18 Å². The molecule has 0 saturated carbocycles. The predicted molar refractivity (Wildman–Crippen MR) is 183 cm³/mol. The Hall–Kier alpha value is -3.05. The number of amides is 2. The van der Waals surface area contributed by atoms with Gasteiger partial charge in [0.25, 0.3) is 0 Å². The number of morpholine rings is 1. The van der Waals surface area contributed by atoms with E-state index in [4.69, 9.17) is 15.2 Å². The van der Waals surface area contributed by atoms with E-state index in [1.807, 2.05) is 28.9 Å². The van der Waals surface area contributed by atoms with Gasteiger partial charge in [-0.15, -0.1) is 0 Å². The minimum Gasteiger partial charge on any atom is -0.449 e. The maximum Gasteiger partial charge on any atom is 0.410 e. The topological polar surface area (TPSA) is 91.6 Å². The number of nitrogens with zero attached hydrogens (tertiary/aromatic N) is 4. The number of halogens is 1. The largest absolute Gasteiger partial charge is 0.449 e. The molecule has 2 amide bonds. The summed E-state index contributed by atoms with van der Waals surface area (Å²) in [5.74, 6) is -0.187. The van der Waals surface area contributed by atoms with Crippen molar-refractivity contribution in [3.63, 3.8) is 0 Å². The van der Waals surface area contributed by atoms with Crippen LogP contribution in [0.15, 0.2) is 42.5 Å². The Morgan fingerprint density at radius 3 is 2.53 bits per heavy atom. The summed E-state index contributed by atoms with van der Waals surface area (Å²) in [6.07, 6.45) is 3.97. The lowest BCUT2D eigenvalue weighted by molar-refractivity contribution is -0.121. The van der Waals surface area contributed by atoms with E-state index in [-0.39, 0.29) is 47.9 Å². The average Bonchev–Trinajstić information content (AvgIpc) is 3.35. The van der Waals surface area contributed by atoms with Gasteiger partial charge in [-0.3, -0.25) is 14.6 Å². The molecule has 2 aromatic rings. The van der Waals surface area contributed by atoms with Crippen LogP contribution < -0.4 is 10.6 Å². The molecule has 9 nitrogen and oxygen atoms in total. The number of ether oxygens (including phenoxy) is 2. The molecular weight excluding hydrogens is 597 g/mol. The lowest BCUT2D eigenvalue weighted by Crippen LogP contribution is -2.64. The van der Waals surface area contributed by atoms with Gasteiger partial charge in [0.2, 0.25) is 5.91 Å². The zero-order valence-corrected chi connectivity index (χ0v) is 28.8. The van der Waals surface area contributed by atoms with Crippen molar-refractivity contribution in [2.75, 3.05) is 70.5 Å². The van der Waals surface area contributed by atoms with E-state index in [0.29, 0.717) is 52.4 Å². The van der Waals surface area contributed by atoms with Crippen molar-refractivity contribution in [2.45, 2.75) is 83.3 Å². The fourth-order valence-electron chi connectivity index (χ4n) is 7.39. The minimum absolute atomic E-state index is 0.0232. The molecule has 5 rings (SSSR count). The van der Waals surface area contributed by atoms with E-state index in [0.717, 1.165) is 55.6 Å². The molecule has 2 fully saturated rings. The highest BCUT2D eigenvalue weighted by Gasteiger charge is 2.43. The van der Waals surface area contributed by atoms with Crippen LogP contribution in [-0.2, 0) is 26.1 Å². The molecule has 10 heteroatoms. The molecule has 0 radical (unpaired) electrons. The van der Waals surface area contributed by atoms with Gasteiger partial charge in [-0.05, 0) is 81.0 Å². The first kappa shape index (κ1) is 35.3. The number of carbonyl (C=O) groups excluding carboxylic acids is 2. The average molecular weight is 652 g/mol. The van der Waals surface area contributed by atoms with E-state index in [1.54, 1.807) is 0 Å². The second-order valence-corrected chi connectivity index (χ2v) is 14.1. The molecule has 3 aliphatic rings. The zero-order chi connectivity index (χ0) is 33.6. The first-order chi connectivity index (χ1) is 22.6. The summed E-state index contributed by atoms with van der Waals surface area (Å²) >= 11 is 0. The van der Waals surface area contributed by atoms with Crippen molar-refractivity contribution >= 4 is 17.7 Å². The van der Waals surface area contributed by atoms with Crippen LogP contribution in [-0.4, -0.2) is 110 Å². The highest BCUT2D eigenvalue weighted by Crippen LogP contribution is 2.44. The molecule has 2 unspecified atom stereocenters. The van der Waals surface area contributed by atoms with E-state index in [9.17, 15) is 14.0 Å². The van der Waals surface area contributed by atoms with Crippen LogP contribution in [0.3, 0.4) is 0 Å². The second kappa shape index (κ2) is 15.9. The highest BCUT2D eigenvalue weighted by molar-refractivity contribution is 5.97. The number of unbranched alkanes of at least 4 members (excludes halogenated alkanes) is 1. The van der Waals surface area contributed by atoms with Gasteiger partial charge in [0.05, 0.1) is 26.4 Å². The fraction of sp³-hybridized carbons (Fsp3) is 0.622. The summed E-state index contributed by atoms with van der Waals surface area (Å²) in [7, 11) is 0. The smallest absolute Gasteiger partial charge is 0.410 e. The molecule has 2 aromatic carbocycles. The Labute approximate surface area is 280 Å². The molecule has 0 bridgehead atoms. The van der Waals surface area contributed by atoms with E-state index < -0.39 is 0 Å². The Morgan fingerprint density at radius 1 is 1.04 bits per heavy atom. The molecule has 0 aliphatic carbocycles. The third-order valence-electron chi connectivity index (χ3n) is 10.3. The maximum atomic E-state index is 14.4. The molecule has 2 saturated heterocycles. The van der Waals surface area contributed by atoms with Crippen LogP contribution >= 0.6 is 0 Å². The van der Waals surface area contributed by atoms with E-state index >= 15 is 0 Å². The molecular formula is C37H54FN5O4. The monoisotopic (exact) mass is 651 g/mol. The number of nitrogens with two attached hydrogens (primary N) is 1. The SMILES string of the molecule is CCCCOC(=O)N1CC(CN2CCOC[C@H]2C)N(CC(=O)N2C[C@](C)(CCCN)c3ccc(Cc4ccc(F)cc4)cc32)CC1C. The predicted octanol–water partition coefficient (Wildman–Crippen LogP) is 4.79. The Kier molecular flexibility index (Phi) is 11.9. The Balaban J connectivity index is 1.38. The van der Waals surface area contributed by atoms with Gasteiger partial charge >= 0.3 is 6.09 Å². The number of anilines is 1. The molecule has 0 spiro atoms. The first-order valence-electron chi connectivity index (χ1n) is 17.5. The molecule has 47 heavy (non-hydrogen) atoms. The molecule has 0 aromatic heterocycles. The summed E-state index contributed by atoms with van der Waals surface area (Å²) in [4.78, 5) is 36.1. The number of benzene rings is 2. The summed E-state index contributed by atoms with van der Waals surface area (Å²) in [6, 6.07) is 13.2. The van der Waals surface area contributed by atoms with Crippen molar-refractivity contribution in [2.24, 2.45) is 5.73 Å². The molecule has 4 atom stereocenters. The van der Waals surface area contributed by atoms with Crippen LogP contribution in [0.4, 0.5) is 14.9 Å². The zero-order valence-electron chi connectivity index (χ0n) is 28.8. The van der Waals surface area contributed by atoms with Crippen molar-refractivity contribution in [1.29, 1.82) is 0 Å². The number of carbonyl (C=O) groups is 2. The van der Waals surface area contributed by atoms with Crippen molar-refractivity contribution < 1.29 is 23.5 Å². The molecule has 3 heterocycles. The van der Waals surface area contributed by atoms with Gasteiger partial charge in [0.1, 0.15) is 5.82 Å². The van der Waals surface area contributed by atoms with E-state index in [1.165, 1.54) is 17.7 Å². The first-order valence-corrected chi connectivity index (χ1v) is 17.5. The van der Waals surface area contributed by atoms with Gasteiger partial charge < -0.3 is 25.0 Å². The summed E-state index contributed by atoms with van der Waals surface area (Å²) < 4.78 is 24.9. The lowest BCUT2D eigenvalue weighted by Gasteiger charge is -2.47. The standard InChI is InChI=1S/C37H54FN5O4/c1-5-6-17-47-36(45)42-23-32(22-40-16-18-46-25-28(40)3)41(21-27(42)2)24-35(44)43-26-37(4,14-7-15-39)33-13-10-30(20-34(33)43)19-29-8-11-31(38)12-9-29/h8-13,20,27-28,32H,5-7,14-19,21-26,39H2,1-4H3/t27?,28-,32?,37+/m1/s1. The number of hydrogen-bond acceptors (Lipinski definition) is 7. The second-order valence-electron chi connectivity index (χ2n) is 14.1. The number of hydrogen-bond donors (Lipinski definition) is 1. The number of rotatable bonds is 12. The van der Waals surface area contributed by atoms with Crippen LogP contribution in [0.1, 0.15) is 70.1 Å². The van der Waals surface area contributed by atoms with E-state index in [2.05, 4.69) is 48.8 Å². The van der Waals surface area contributed by atoms with Crippen molar-refractivity contribution in [1.82, 2.24) is 14.7 Å². The summed E-state index contributed by atoms with van der Waals surface area (Å²) in [6.45, 7) is 14.5. The summed E-state index contributed by atoms with van der Waals surface area (Å²) in [5.41, 5.74) is 9.98. The van der Waals surface area contributed by atoms with Gasteiger partial charge in [-0.1, -0.05) is 44.5 Å². The highest BCUT2D eigenvalue weighted by atomic mass is 19.1. The van der Waals surface area contributed by atoms with Crippen LogP contribution in [0.25, 0.3) is 0 Å². The number of fused-ring (bicyclic) bond motifs is 1. The van der Waals surface area contributed by atoms with Gasteiger partial charge in [0.15, 0.2) is 0 Å². The van der Waals surface area contributed by atoms with Crippen LogP contribution in [0, 0.1) is 5.82 Å². The number of piperazine rings is 1. The lowest BCUT2D eigenvalue weighted by atomic mass is 9.80. The Morgan fingerprint density at radius 2 is 1.81 bits per heavy atom. The molecule has 258 valence electrons. The van der Waals surface area contributed by atoms with Crippen LogP contribution in [0.5, 0.6) is 0 Å². The van der Waals surface area contributed by atoms with Crippen LogP contribution in [0.2, 0.25) is 0 Å². The maximum absolute atomic E-state index is 14.4. The van der Waals surface area contributed by atoms with Crippen molar-refractivity contribution in [3.8, 4) is 0 Å². The quantitative estimate of drug-likeness (QED) is 0.330. The third-order valence-corrected chi connectivity index (χ3v) is 10.3. The summed E-state index contributed by atoms with van der Waals surface area (Å²) in [5, 5.41) is 0. The van der Waals surface area contributed by atoms with Crippen molar-refractivity contribution in [3.05, 3.63) is 65.0 Å². The third kappa shape index (κ3) is 8.52. The molecule has 2 N–H and O–H groups in total. The Bertz CT molecular complexity index is 1360. The molecule has 3 aliphatic heterocycles.